The molecule has 0 saturated carbocycles. The maximum absolute atomic E-state index is 12.7. The van der Waals surface area contributed by atoms with Gasteiger partial charge in [0, 0.05) is 5.56 Å². The molecule has 0 aliphatic rings. The zero-order chi connectivity index (χ0) is 14.4. The third-order valence-electron chi connectivity index (χ3n) is 2.38. The van der Waals surface area contributed by atoms with Gasteiger partial charge in [0.2, 0.25) is 0 Å². The van der Waals surface area contributed by atoms with E-state index in [0.29, 0.717) is 11.3 Å². The molecule has 104 valence electrons. The number of para-hydroxylation sites is 1. The molecule has 0 amide bonds. The molecule has 0 atom stereocenters. The van der Waals surface area contributed by atoms with Crippen LogP contribution >= 0.6 is 0 Å². The van der Waals surface area contributed by atoms with Gasteiger partial charge in [0.25, 0.3) is 0 Å². The van der Waals surface area contributed by atoms with Crippen LogP contribution in [-0.4, -0.2) is 12.8 Å². The van der Waals surface area contributed by atoms with Gasteiger partial charge in [-0.1, -0.05) is 12.1 Å². The normalized spacial score (nSPS) is 11.0. The monoisotopic (exact) mass is 280 g/mol. The zero-order valence-electron chi connectivity index (χ0n) is 10.3. The van der Waals surface area contributed by atoms with E-state index in [0.717, 1.165) is 0 Å². The van der Waals surface area contributed by atoms with E-state index in [1.165, 1.54) is 36.5 Å². The summed E-state index contributed by atoms with van der Waals surface area (Å²) in [5.41, 5.74) is 3.64. The van der Waals surface area contributed by atoms with Crippen molar-refractivity contribution >= 4 is 11.9 Å². The summed E-state index contributed by atoms with van der Waals surface area (Å²) >= 11 is 0. The van der Waals surface area contributed by atoms with E-state index < -0.39 is 6.61 Å². The van der Waals surface area contributed by atoms with Gasteiger partial charge in [-0.2, -0.15) is 13.9 Å². The molecule has 0 aromatic heterocycles. The van der Waals surface area contributed by atoms with E-state index >= 15 is 0 Å². The van der Waals surface area contributed by atoms with Gasteiger partial charge in [-0.05, 0) is 36.4 Å². The highest BCUT2D eigenvalue weighted by Gasteiger charge is 2.07. The minimum absolute atomic E-state index is 0.0344. The van der Waals surface area contributed by atoms with Gasteiger partial charge in [-0.25, -0.2) is 4.39 Å². The van der Waals surface area contributed by atoms with Crippen molar-refractivity contribution in [2.75, 3.05) is 5.43 Å². The summed E-state index contributed by atoms with van der Waals surface area (Å²) in [6, 6.07) is 11.9. The summed E-state index contributed by atoms with van der Waals surface area (Å²) in [4.78, 5) is 0. The second kappa shape index (κ2) is 6.60. The van der Waals surface area contributed by atoms with Crippen LogP contribution in [-0.2, 0) is 0 Å². The van der Waals surface area contributed by atoms with Crippen LogP contribution in [0.3, 0.4) is 0 Å². The summed E-state index contributed by atoms with van der Waals surface area (Å²) in [6.07, 6.45) is 1.35. The maximum atomic E-state index is 12.7. The number of hydrogen-bond acceptors (Lipinski definition) is 3. The lowest BCUT2D eigenvalue weighted by molar-refractivity contribution is -0.0499. The predicted molar refractivity (Wildman–Crippen MR) is 70.7 cm³/mol. The van der Waals surface area contributed by atoms with Crippen LogP contribution < -0.4 is 10.2 Å². The Balaban J connectivity index is 2.05. The second-order valence-electron chi connectivity index (χ2n) is 3.79. The third kappa shape index (κ3) is 4.01. The van der Waals surface area contributed by atoms with Crippen molar-refractivity contribution in [3.8, 4) is 5.75 Å². The van der Waals surface area contributed by atoms with Crippen LogP contribution in [0.1, 0.15) is 5.56 Å². The quantitative estimate of drug-likeness (QED) is 0.666. The molecule has 0 unspecified atom stereocenters. The minimum Gasteiger partial charge on any atom is -0.434 e. The van der Waals surface area contributed by atoms with Crippen molar-refractivity contribution in [1.29, 1.82) is 0 Å². The van der Waals surface area contributed by atoms with Gasteiger partial charge in [0.05, 0.1) is 11.9 Å². The standard InChI is InChI=1S/C14H11F3N2O/c15-11-5-7-12(8-6-11)19-18-9-10-3-1-2-4-13(10)20-14(16)17/h1-9,14,19H/b18-9-. The third-order valence-corrected chi connectivity index (χ3v) is 2.38. The summed E-state index contributed by atoms with van der Waals surface area (Å²) < 4.78 is 41.5. The number of hydrogen-bond donors (Lipinski definition) is 1. The molecule has 0 heterocycles. The number of benzene rings is 2. The number of rotatable bonds is 5. The lowest BCUT2D eigenvalue weighted by Gasteiger charge is -2.07. The average molecular weight is 280 g/mol. The van der Waals surface area contributed by atoms with E-state index in [1.54, 1.807) is 18.2 Å². The van der Waals surface area contributed by atoms with Crippen LogP contribution in [0.2, 0.25) is 0 Å². The summed E-state index contributed by atoms with van der Waals surface area (Å²) in [6.45, 7) is -2.89. The van der Waals surface area contributed by atoms with Crippen molar-refractivity contribution in [2.45, 2.75) is 6.61 Å². The first-order chi connectivity index (χ1) is 9.65. The Kier molecular flexibility index (Phi) is 4.60. The van der Waals surface area contributed by atoms with Crippen molar-refractivity contribution < 1.29 is 17.9 Å². The number of anilines is 1. The van der Waals surface area contributed by atoms with E-state index in [-0.39, 0.29) is 11.6 Å². The van der Waals surface area contributed by atoms with E-state index in [4.69, 9.17) is 0 Å². The molecular weight excluding hydrogens is 269 g/mol. The van der Waals surface area contributed by atoms with E-state index in [9.17, 15) is 13.2 Å². The number of alkyl halides is 2. The van der Waals surface area contributed by atoms with Gasteiger partial charge in [-0.3, -0.25) is 5.43 Å². The highest BCUT2D eigenvalue weighted by molar-refractivity contribution is 5.83. The zero-order valence-corrected chi connectivity index (χ0v) is 10.3. The number of hydrazone groups is 1. The Morgan fingerprint density at radius 1 is 1.05 bits per heavy atom. The van der Waals surface area contributed by atoms with Gasteiger partial charge in [0.1, 0.15) is 11.6 Å². The largest absolute Gasteiger partial charge is 0.434 e. The first kappa shape index (κ1) is 13.9. The molecule has 0 radical (unpaired) electrons. The fourth-order valence-electron chi connectivity index (χ4n) is 1.49. The molecule has 1 N–H and O–H groups in total. The van der Waals surface area contributed by atoms with E-state index in [2.05, 4.69) is 15.3 Å². The van der Waals surface area contributed by atoms with Crippen LogP contribution in [0.4, 0.5) is 18.9 Å². The Bertz CT molecular complexity index is 585. The predicted octanol–water partition coefficient (Wildman–Crippen LogP) is 3.87. The highest BCUT2D eigenvalue weighted by atomic mass is 19.3. The van der Waals surface area contributed by atoms with Crippen LogP contribution in [0.25, 0.3) is 0 Å². The van der Waals surface area contributed by atoms with E-state index in [1.807, 2.05) is 0 Å². The summed E-state index contributed by atoms with van der Waals surface area (Å²) in [5.74, 6) is -0.317. The van der Waals surface area contributed by atoms with Gasteiger partial charge in [-0.15, -0.1) is 0 Å². The molecule has 0 fully saturated rings. The fraction of sp³-hybridized carbons (Fsp3) is 0.0714. The molecular formula is C14H11F3N2O. The molecule has 0 aliphatic carbocycles. The summed E-state index contributed by atoms with van der Waals surface area (Å²) in [5, 5.41) is 3.89. The molecule has 0 bridgehead atoms. The van der Waals surface area contributed by atoms with Crippen molar-refractivity contribution in [2.24, 2.45) is 5.10 Å². The van der Waals surface area contributed by atoms with Gasteiger partial charge in [0.15, 0.2) is 0 Å². The molecule has 0 aliphatic heterocycles. The minimum atomic E-state index is -2.89. The molecule has 2 aromatic rings. The number of ether oxygens (including phenoxy) is 1. The number of halogens is 3. The van der Waals surface area contributed by atoms with Gasteiger partial charge < -0.3 is 4.74 Å². The molecule has 2 aromatic carbocycles. The second-order valence-corrected chi connectivity index (χ2v) is 3.79. The smallest absolute Gasteiger partial charge is 0.387 e. The number of nitrogens with one attached hydrogen (secondary N) is 1. The average Bonchev–Trinajstić information content (AvgIpc) is 2.42. The molecule has 20 heavy (non-hydrogen) atoms. The van der Waals surface area contributed by atoms with Crippen LogP contribution in [0.5, 0.6) is 5.75 Å². The van der Waals surface area contributed by atoms with Crippen LogP contribution in [0.15, 0.2) is 53.6 Å². The Morgan fingerprint density at radius 2 is 1.75 bits per heavy atom. The van der Waals surface area contributed by atoms with Crippen molar-refractivity contribution in [3.05, 3.63) is 59.9 Å². The molecule has 3 nitrogen and oxygen atoms in total. The Hall–Kier alpha value is -2.50. The first-order valence-electron chi connectivity index (χ1n) is 5.73. The first-order valence-corrected chi connectivity index (χ1v) is 5.73. The molecule has 2 rings (SSSR count). The topological polar surface area (TPSA) is 33.6 Å². The van der Waals surface area contributed by atoms with Gasteiger partial charge >= 0.3 is 6.61 Å². The molecule has 0 spiro atoms. The summed E-state index contributed by atoms with van der Waals surface area (Å²) in [7, 11) is 0. The lowest BCUT2D eigenvalue weighted by atomic mass is 10.2. The SMILES string of the molecule is Fc1ccc(N/N=C\c2ccccc2OC(F)F)cc1. The van der Waals surface area contributed by atoms with Crippen LogP contribution in [0, 0.1) is 5.82 Å². The maximum Gasteiger partial charge on any atom is 0.387 e. The highest BCUT2D eigenvalue weighted by Crippen LogP contribution is 2.18. The molecule has 6 heteroatoms. The Labute approximate surface area is 113 Å². The fourth-order valence-corrected chi connectivity index (χ4v) is 1.49. The van der Waals surface area contributed by atoms with Crippen molar-refractivity contribution in [3.63, 3.8) is 0 Å². The van der Waals surface area contributed by atoms with Crippen molar-refractivity contribution in [1.82, 2.24) is 0 Å². The Morgan fingerprint density at radius 3 is 2.45 bits per heavy atom. The molecule has 0 saturated heterocycles. The number of nitrogens with zero attached hydrogens (tertiary/aromatic N) is 1. The lowest BCUT2D eigenvalue weighted by Crippen LogP contribution is -2.04.